The lowest BCUT2D eigenvalue weighted by Crippen LogP contribution is -3.08. The first-order valence-corrected chi connectivity index (χ1v) is 8.88. The van der Waals surface area contributed by atoms with E-state index in [1.54, 1.807) is 50.4 Å². The standard InChI is InChI=1S/C21H22N2O5/c1-13-18(24)8-7-17-14(9-20(26)28-21(13)17)11-23(2)12-19(25)22-15-5-4-6-16(10-15)27-3/h4-10,24H,11-12H2,1-3H3,(H,22,25)/p+1. The molecule has 3 N–H and O–H groups in total. The van der Waals surface area contributed by atoms with Crippen molar-refractivity contribution in [1.29, 1.82) is 0 Å². The number of amides is 1. The van der Waals surface area contributed by atoms with Crippen molar-refractivity contribution in [3.8, 4) is 11.5 Å². The Balaban J connectivity index is 1.74. The molecular weight excluding hydrogens is 360 g/mol. The fraction of sp³-hybridized carbons (Fsp3) is 0.238. The summed E-state index contributed by atoms with van der Waals surface area (Å²) in [4.78, 5) is 25.2. The third-order valence-corrected chi connectivity index (χ3v) is 4.53. The van der Waals surface area contributed by atoms with Crippen LogP contribution in [0.2, 0.25) is 0 Å². The van der Waals surface area contributed by atoms with E-state index in [1.807, 2.05) is 7.05 Å². The van der Waals surface area contributed by atoms with E-state index in [4.69, 9.17) is 9.15 Å². The summed E-state index contributed by atoms with van der Waals surface area (Å²) in [6, 6.07) is 11.9. The van der Waals surface area contributed by atoms with Crippen LogP contribution in [0.3, 0.4) is 0 Å². The first-order chi connectivity index (χ1) is 13.4. The molecule has 7 heteroatoms. The number of quaternary nitrogens is 1. The molecule has 7 nitrogen and oxygen atoms in total. The van der Waals surface area contributed by atoms with Crippen LogP contribution in [0.1, 0.15) is 11.1 Å². The van der Waals surface area contributed by atoms with Gasteiger partial charge >= 0.3 is 5.63 Å². The molecule has 0 bridgehead atoms. The third-order valence-electron chi connectivity index (χ3n) is 4.53. The van der Waals surface area contributed by atoms with Crippen molar-refractivity contribution in [1.82, 2.24) is 0 Å². The zero-order chi connectivity index (χ0) is 20.3. The lowest BCUT2D eigenvalue weighted by molar-refractivity contribution is -0.885. The van der Waals surface area contributed by atoms with Gasteiger partial charge in [-0.1, -0.05) is 6.07 Å². The maximum absolute atomic E-state index is 12.4. The normalized spacial score (nSPS) is 12.0. The number of carbonyl (C=O) groups excluding carboxylic acids is 1. The van der Waals surface area contributed by atoms with Gasteiger partial charge in [-0.25, -0.2) is 4.79 Å². The number of rotatable bonds is 6. The van der Waals surface area contributed by atoms with Gasteiger partial charge in [0.1, 0.15) is 23.6 Å². The number of nitrogens with one attached hydrogen (secondary N) is 2. The summed E-state index contributed by atoms with van der Waals surface area (Å²) in [5, 5.41) is 13.4. The smallest absolute Gasteiger partial charge is 0.336 e. The Morgan fingerprint density at radius 3 is 2.79 bits per heavy atom. The molecule has 3 rings (SSSR count). The van der Waals surface area contributed by atoms with Crippen LogP contribution < -0.4 is 20.6 Å². The van der Waals surface area contributed by atoms with E-state index in [0.717, 1.165) is 15.8 Å². The van der Waals surface area contributed by atoms with Gasteiger partial charge in [0, 0.05) is 34.3 Å². The minimum atomic E-state index is -0.482. The highest BCUT2D eigenvalue weighted by Crippen LogP contribution is 2.27. The first-order valence-electron chi connectivity index (χ1n) is 8.88. The number of likely N-dealkylation sites (N-methyl/N-ethyl adjacent to an activating group) is 1. The van der Waals surface area contributed by atoms with Gasteiger partial charge in [-0.3, -0.25) is 4.79 Å². The molecule has 1 aromatic heterocycles. The third kappa shape index (κ3) is 4.32. The number of ether oxygens (including phenoxy) is 1. The van der Waals surface area contributed by atoms with Crippen molar-refractivity contribution >= 4 is 22.6 Å². The molecule has 1 unspecified atom stereocenters. The Morgan fingerprint density at radius 2 is 2.04 bits per heavy atom. The van der Waals surface area contributed by atoms with Gasteiger partial charge in [-0.15, -0.1) is 0 Å². The van der Waals surface area contributed by atoms with E-state index in [-0.39, 0.29) is 18.2 Å². The second kappa shape index (κ2) is 8.14. The highest BCUT2D eigenvalue weighted by Gasteiger charge is 2.16. The van der Waals surface area contributed by atoms with E-state index in [9.17, 15) is 14.7 Å². The number of hydrogen-bond acceptors (Lipinski definition) is 5. The number of phenols is 1. The molecule has 146 valence electrons. The number of benzene rings is 2. The highest BCUT2D eigenvalue weighted by molar-refractivity contribution is 5.91. The van der Waals surface area contributed by atoms with Gasteiger partial charge in [-0.05, 0) is 31.2 Å². The number of fused-ring (bicyclic) bond motifs is 1. The summed E-state index contributed by atoms with van der Waals surface area (Å²) in [6.07, 6.45) is 0. The number of aromatic hydroxyl groups is 1. The van der Waals surface area contributed by atoms with Gasteiger partial charge in [0.05, 0.1) is 14.2 Å². The molecule has 1 heterocycles. The molecule has 1 atom stereocenters. The Kier molecular flexibility index (Phi) is 5.65. The Labute approximate surface area is 162 Å². The van der Waals surface area contributed by atoms with Crippen LogP contribution in [0.25, 0.3) is 11.0 Å². The molecule has 0 spiro atoms. The van der Waals surface area contributed by atoms with E-state index >= 15 is 0 Å². The molecule has 2 aromatic carbocycles. The topological polar surface area (TPSA) is 93.2 Å². The molecular formula is C21H23N2O5+. The number of methoxy groups -OCH3 is 1. The van der Waals surface area contributed by atoms with Gasteiger partial charge < -0.3 is 24.5 Å². The summed E-state index contributed by atoms with van der Waals surface area (Å²) in [7, 11) is 3.44. The van der Waals surface area contributed by atoms with E-state index < -0.39 is 5.63 Å². The summed E-state index contributed by atoms with van der Waals surface area (Å²) in [6.45, 7) is 2.37. The highest BCUT2D eigenvalue weighted by atomic mass is 16.5. The molecule has 0 fully saturated rings. The predicted molar refractivity (Wildman–Crippen MR) is 106 cm³/mol. The van der Waals surface area contributed by atoms with Crippen LogP contribution in [0.5, 0.6) is 11.5 Å². The van der Waals surface area contributed by atoms with Crippen LogP contribution in [-0.2, 0) is 11.3 Å². The van der Waals surface area contributed by atoms with Crippen molar-refractivity contribution in [3.63, 3.8) is 0 Å². The molecule has 0 aliphatic rings. The van der Waals surface area contributed by atoms with E-state index in [0.29, 0.717) is 29.1 Å². The molecule has 0 saturated heterocycles. The first kappa shape index (κ1) is 19.4. The maximum Gasteiger partial charge on any atom is 0.336 e. The Hall–Kier alpha value is -3.32. The lowest BCUT2D eigenvalue weighted by Gasteiger charge is -2.15. The van der Waals surface area contributed by atoms with E-state index in [2.05, 4.69) is 5.32 Å². The average molecular weight is 383 g/mol. The molecule has 0 aliphatic heterocycles. The van der Waals surface area contributed by atoms with Crippen molar-refractivity contribution in [2.24, 2.45) is 0 Å². The maximum atomic E-state index is 12.4. The quantitative estimate of drug-likeness (QED) is 0.561. The summed E-state index contributed by atoms with van der Waals surface area (Å²) < 4.78 is 10.4. The number of anilines is 1. The number of aryl methyl sites for hydroxylation is 1. The number of hydrogen-bond donors (Lipinski definition) is 3. The minimum Gasteiger partial charge on any atom is -0.508 e. The van der Waals surface area contributed by atoms with E-state index in [1.165, 1.54) is 6.07 Å². The fourth-order valence-corrected chi connectivity index (χ4v) is 3.13. The monoisotopic (exact) mass is 383 g/mol. The van der Waals surface area contributed by atoms with Crippen molar-refractivity contribution in [2.45, 2.75) is 13.5 Å². The number of carbonyl (C=O) groups is 1. The summed E-state index contributed by atoms with van der Waals surface area (Å²) in [5.41, 5.74) is 1.83. The molecule has 3 aromatic rings. The largest absolute Gasteiger partial charge is 0.508 e. The van der Waals surface area contributed by atoms with Gasteiger partial charge in [0.2, 0.25) is 0 Å². The predicted octanol–water partition coefficient (Wildman–Crippen LogP) is 1.47. The van der Waals surface area contributed by atoms with Crippen molar-refractivity contribution < 1.29 is 24.0 Å². The average Bonchev–Trinajstić information content (AvgIpc) is 2.65. The van der Waals surface area contributed by atoms with Crippen molar-refractivity contribution in [2.75, 3.05) is 26.0 Å². The summed E-state index contributed by atoms with van der Waals surface area (Å²) in [5.74, 6) is 0.595. The van der Waals surface area contributed by atoms with Crippen LogP contribution in [0.15, 0.2) is 51.7 Å². The van der Waals surface area contributed by atoms with Gasteiger partial charge in [0.25, 0.3) is 5.91 Å². The van der Waals surface area contributed by atoms with Gasteiger partial charge in [-0.2, -0.15) is 0 Å². The van der Waals surface area contributed by atoms with Crippen LogP contribution in [-0.4, -0.2) is 31.7 Å². The second-order valence-corrected chi connectivity index (χ2v) is 6.77. The molecule has 0 aliphatic carbocycles. The lowest BCUT2D eigenvalue weighted by atomic mass is 10.1. The molecule has 28 heavy (non-hydrogen) atoms. The Bertz CT molecular complexity index is 1070. The minimum absolute atomic E-state index is 0.0752. The fourth-order valence-electron chi connectivity index (χ4n) is 3.13. The van der Waals surface area contributed by atoms with Crippen LogP contribution >= 0.6 is 0 Å². The molecule has 1 amide bonds. The SMILES string of the molecule is COc1cccc(NC(=O)C[NH+](C)Cc2cc(=O)oc3c(C)c(O)ccc23)c1. The molecule has 0 saturated carbocycles. The summed E-state index contributed by atoms with van der Waals surface area (Å²) >= 11 is 0. The number of phenolic OH excluding ortho intramolecular Hbond substituents is 1. The second-order valence-electron chi connectivity index (χ2n) is 6.77. The van der Waals surface area contributed by atoms with Gasteiger partial charge in [0.15, 0.2) is 6.54 Å². The zero-order valence-electron chi connectivity index (χ0n) is 16.0. The van der Waals surface area contributed by atoms with Crippen LogP contribution in [0, 0.1) is 6.92 Å². The Morgan fingerprint density at radius 1 is 1.25 bits per heavy atom. The van der Waals surface area contributed by atoms with Crippen LogP contribution in [0.4, 0.5) is 5.69 Å². The zero-order valence-corrected chi connectivity index (χ0v) is 16.0. The molecule has 0 radical (unpaired) electrons. The van der Waals surface area contributed by atoms with Crippen molar-refractivity contribution in [3.05, 3.63) is 64.0 Å².